The number of aliphatic hydroxyl groups is 1. The molecular formula is C16H26N2O3. The van der Waals surface area contributed by atoms with Crippen molar-refractivity contribution in [1.29, 1.82) is 0 Å². The van der Waals surface area contributed by atoms with Crippen molar-refractivity contribution in [3.63, 3.8) is 0 Å². The fourth-order valence-electron chi connectivity index (χ4n) is 2.99. The Labute approximate surface area is 126 Å². The molecule has 1 N–H and O–H groups in total. The van der Waals surface area contributed by atoms with E-state index in [0.717, 1.165) is 32.5 Å². The number of likely N-dealkylation sites (tertiary alicyclic amines) is 1. The van der Waals surface area contributed by atoms with Crippen molar-refractivity contribution in [1.82, 2.24) is 9.80 Å². The van der Waals surface area contributed by atoms with Gasteiger partial charge >= 0.3 is 0 Å². The molecule has 2 unspecified atom stereocenters. The van der Waals surface area contributed by atoms with Gasteiger partial charge in [0.15, 0.2) is 0 Å². The van der Waals surface area contributed by atoms with Gasteiger partial charge in [0.2, 0.25) is 5.91 Å². The lowest BCUT2D eigenvalue weighted by molar-refractivity contribution is -0.133. The maximum absolute atomic E-state index is 12.4. The molecule has 0 spiro atoms. The number of hydrogen-bond acceptors (Lipinski definition) is 4. The fourth-order valence-corrected chi connectivity index (χ4v) is 2.99. The lowest BCUT2D eigenvalue weighted by atomic mass is 10.1. The zero-order valence-electron chi connectivity index (χ0n) is 13.0. The van der Waals surface area contributed by atoms with Crippen LogP contribution >= 0.6 is 0 Å². The number of amides is 1. The molecule has 2 rings (SSSR count). The highest BCUT2D eigenvalue weighted by molar-refractivity contribution is 5.78. The van der Waals surface area contributed by atoms with Crippen molar-refractivity contribution in [2.75, 3.05) is 26.2 Å². The van der Waals surface area contributed by atoms with Gasteiger partial charge in [0.05, 0.1) is 12.8 Å². The Morgan fingerprint density at radius 3 is 2.90 bits per heavy atom. The van der Waals surface area contributed by atoms with Gasteiger partial charge in [-0.25, -0.2) is 0 Å². The second-order valence-electron chi connectivity index (χ2n) is 5.61. The third-order valence-electron chi connectivity index (χ3n) is 4.32. The summed E-state index contributed by atoms with van der Waals surface area (Å²) in [6.07, 6.45) is 3.46. The van der Waals surface area contributed by atoms with Gasteiger partial charge in [-0.2, -0.15) is 0 Å². The molecule has 0 bridgehead atoms. The van der Waals surface area contributed by atoms with Crippen LogP contribution < -0.4 is 0 Å². The van der Waals surface area contributed by atoms with Gasteiger partial charge in [-0.05, 0) is 38.1 Å². The van der Waals surface area contributed by atoms with Crippen molar-refractivity contribution >= 4 is 5.91 Å². The minimum absolute atomic E-state index is 0.119. The molecule has 1 aromatic rings. The largest absolute Gasteiger partial charge is 0.467 e. The van der Waals surface area contributed by atoms with E-state index < -0.39 is 6.10 Å². The first-order chi connectivity index (χ1) is 10.2. The first-order valence-electron chi connectivity index (χ1n) is 7.89. The van der Waals surface area contributed by atoms with E-state index in [1.54, 1.807) is 18.4 Å². The van der Waals surface area contributed by atoms with Gasteiger partial charge in [0.25, 0.3) is 0 Å². The highest BCUT2D eigenvalue weighted by atomic mass is 16.4. The van der Waals surface area contributed by atoms with Crippen LogP contribution in [0.3, 0.4) is 0 Å². The number of nitrogens with zero attached hydrogens (tertiary/aromatic N) is 2. The number of carbonyl (C=O) groups is 1. The maximum atomic E-state index is 12.4. The van der Waals surface area contributed by atoms with Crippen LogP contribution in [0.4, 0.5) is 0 Å². The molecule has 0 aromatic carbocycles. The van der Waals surface area contributed by atoms with E-state index in [1.807, 2.05) is 4.90 Å². The van der Waals surface area contributed by atoms with E-state index in [1.165, 1.54) is 0 Å². The summed E-state index contributed by atoms with van der Waals surface area (Å²) < 4.78 is 5.24. The van der Waals surface area contributed by atoms with Crippen LogP contribution in [0, 0.1) is 0 Å². The molecule has 2 heterocycles. The molecular weight excluding hydrogens is 268 g/mol. The van der Waals surface area contributed by atoms with Crippen molar-refractivity contribution in [2.45, 2.75) is 45.3 Å². The van der Waals surface area contributed by atoms with Gasteiger partial charge in [-0.15, -0.1) is 0 Å². The molecule has 0 saturated carbocycles. The Balaban J connectivity index is 1.92. The van der Waals surface area contributed by atoms with Gasteiger partial charge < -0.3 is 14.4 Å². The Hall–Kier alpha value is -1.33. The molecule has 0 aliphatic carbocycles. The van der Waals surface area contributed by atoms with Crippen molar-refractivity contribution in [3.8, 4) is 0 Å². The van der Waals surface area contributed by atoms with E-state index in [9.17, 15) is 9.90 Å². The Morgan fingerprint density at radius 1 is 1.52 bits per heavy atom. The molecule has 5 nitrogen and oxygen atoms in total. The normalized spacial score (nSPS) is 20.2. The predicted molar refractivity (Wildman–Crippen MR) is 80.8 cm³/mol. The Morgan fingerprint density at radius 2 is 2.29 bits per heavy atom. The number of aliphatic hydroxyl groups excluding tert-OH is 1. The number of hydrogen-bond donors (Lipinski definition) is 1. The van der Waals surface area contributed by atoms with Crippen molar-refractivity contribution < 1.29 is 14.3 Å². The SMILES string of the molecule is CCN(CC)CC(=O)N1CCCC1CC(O)c1ccco1. The third kappa shape index (κ3) is 4.08. The van der Waals surface area contributed by atoms with E-state index in [2.05, 4.69) is 18.7 Å². The highest BCUT2D eigenvalue weighted by Gasteiger charge is 2.31. The molecule has 2 atom stereocenters. The van der Waals surface area contributed by atoms with Crippen LogP contribution in [-0.4, -0.2) is 53.0 Å². The maximum Gasteiger partial charge on any atom is 0.236 e. The minimum Gasteiger partial charge on any atom is -0.467 e. The standard InChI is InChI=1S/C16H26N2O3/c1-3-17(4-2)12-16(20)18-9-5-7-13(18)11-14(19)15-8-6-10-21-15/h6,8,10,13-14,19H,3-5,7,9,11-12H2,1-2H3. The van der Waals surface area contributed by atoms with E-state index in [4.69, 9.17) is 4.42 Å². The van der Waals surface area contributed by atoms with Gasteiger partial charge in [0, 0.05) is 19.0 Å². The zero-order chi connectivity index (χ0) is 15.2. The molecule has 1 saturated heterocycles. The molecule has 1 aliphatic heterocycles. The quantitative estimate of drug-likeness (QED) is 0.836. The van der Waals surface area contributed by atoms with Crippen LogP contribution in [0.1, 0.15) is 45.0 Å². The monoisotopic (exact) mass is 294 g/mol. The summed E-state index contributed by atoms with van der Waals surface area (Å²) in [6.45, 7) is 7.18. The Bertz CT molecular complexity index is 429. The topological polar surface area (TPSA) is 56.9 Å². The molecule has 118 valence electrons. The van der Waals surface area contributed by atoms with Crippen LogP contribution in [-0.2, 0) is 4.79 Å². The summed E-state index contributed by atoms with van der Waals surface area (Å²) in [5.41, 5.74) is 0. The average molecular weight is 294 g/mol. The minimum atomic E-state index is -0.633. The van der Waals surface area contributed by atoms with Crippen LogP contribution in [0.2, 0.25) is 0 Å². The van der Waals surface area contributed by atoms with Crippen LogP contribution in [0.5, 0.6) is 0 Å². The molecule has 5 heteroatoms. The molecule has 1 aliphatic rings. The second kappa shape index (κ2) is 7.61. The number of furan rings is 1. The number of carbonyl (C=O) groups excluding carboxylic acids is 1. The smallest absolute Gasteiger partial charge is 0.236 e. The summed E-state index contributed by atoms with van der Waals surface area (Å²) in [6, 6.07) is 3.67. The summed E-state index contributed by atoms with van der Waals surface area (Å²) in [4.78, 5) is 16.5. The van der Waals surface area contributed by atoms with Gasteiger partial charge in [0.1, 0.15) is 11.9 Å². The van der Waals surface area contributed by atoms with Gasteiger partial charge in [-0.3, -0.25) is 9.69 Å². The van der Waals surface area contributed by atoms with Crippen molar-refractivity contribution in [2.24, 2.45) is 0 Å². The molecule has 0 radical (unpaired) electrons. The molecule has 1 aromatic heterocycles. The first-order valence-corrected chi connectivity index (χ1v) is 7.89. The Kier molecular flexibility index (Phi) is 5.82. The van der Waals surface area contributed by atoms with E-state index >= 15 is 0 Å². The summed E-state index contributed by atoms with van der Waals surface area (Å²) >= 11 is 0. The van der Waals surface area contributed by atoms with Crippen LogP contribution in [0.25, 0.3) is 0 Å². The van der Waals surface area contributed by atoms with E-state index in [0.29, 0.717) is 18.7 Å². The molecule has 1 fully saturated rings. The molecule has 21 heavy (non-hydrogen) atoms. The van der Waals surface area contributed by atoms with Crippen LogP contribution in [0.15, 0.2) is 22.8 Å². The lowest BCUT2D eigenvalue weighted by Gasteiger charge is -2.28. The lowest BCUT2D eigenvalue weighted by Crippen LogP contribution is -2.43. The first kappa shape index (κ1) is 16.0. The fraction of sp³-hybridized carbons (Fsp3) is 0.688. The third-order valence-corrected chi connectivity index (χ3v) is 4.32. The molecule has 1 amide bonds. The highest BCUT2D eigenvalue weighted by Crippen LogP contribution is 2.27. The summed E-state index contributed by atoms with van der Waals surface area (Å²) in [5.74, 6) is 0.755. The number of likely N-dealkylation sites (N-methyl/N-ethyl adjacent to an activating group) is 1. The van der Waals surface area contributed by atoms with Crippen molar-refractivity contribution in [3.05, 3.63) is 24.2 Å². The average Bonchev–Trinajstić information content (AvgIpc) is 3.15. The predicted octanol–water partition coefficient (Wildman–Crippen LogP) is 2.04. The second-order valence-corrected chi connectivity index (χ2v) is 5.61. The summed E-state index contributed by atoms with van der Waals surface area (Å²) in [7, 11) is 0. The summed E-state index contributed by atoms with van der Waals surface area (Å²) in [5, 5.41) is 10.2. The van der Waals surface area contributed by atoms with E-state index in [-0.39, 0.29) is 11.9 Å². The zero-order valence-corrected chi connectivity index (χ0v) is 13.0. The van der Waals surface area contributed by atoms with Gasteiger partial charge in [-0.1, -0.05) is 13.8 Å². The number of rotatable bonds is 7.